The molecule has 1 aromatic rings. The molecule has 0 amide bonds. The van der Waals surface area contributed by atoms with E-state index in [-0.39, 0.29) is 24.0 Å². The van der Waals surface area contributed by atoms with E-state index in [4.69, 9.17) is 4.99 Å². The summed E-state index contributed by atoms with van der Waals surface area (Å²) in [6.45, 7) is 10.7. The summed E-state index contributed by atoms with van der Waals surface area (Å²) in [7, 11) is 2.00. The van der Waals surface area contributed by atoms with Crippen LogP contribution in [0.2, 0.25) is 0 Å². The maximum atomic E-state index is 4.81. The van der Waals surface area contributed by atoms with Crippen LogP contribution in [0, 0.1) is 12.8 Å². The van der Waals surface area contributed by atoms with Crippen molar-refractivity contribution in [1.29, 1.82) is 0 Å². The van der Waals surface area contributed by atoms with E-state index in [2.05, 4.69) is 39.6 Å². The number of nitrogens with zero attached hydrogens (tertiary/aromatic N) is 5. The van der Waals surface area contributed by atoms with Crippen LogP contribution in [0.1, 0.15) is 76.9 Å². The average molecular weight is 532 g/mol. The molecular formula is C22H42IN7. The summed E-state index contributed by atoms with van der Waals surface area (Å²) < 4.78 is 2.01. The lowest BCUT2D eigenvalue weighted by atomic mass is 9.88. The lowest BCUT2D eigenvalue weighted by molar-refractivity contribution is 0.105. The van der Waals surface area contributed by atoms with Crippen molar-refractivity contribution in [2.45, 2.75) is 90.8 Å². The summed E-state index contributed by atoms with van der Waals surface area (Å²) in [5.41, 5.74) is 0. The Morgan fingerprint density at radius 2 is 1.80 bits per heavy atom. The topological polar surface area (TPSA) is 70.4 Å². The van der Waals surface area contributed by atoms with Crippen LogP contribution in [0.15, 0.2) is 4.99 Å². The Morgan fingerprint density at radius 3 is 2.40 bits per heavy atom. The van der Waals surface area contributed by atoms with E-state index in [9.17, 15) is 0 Å². The first-order valence-corrected chi connectivity index (χ1v) is 11.7. The predicted molar refractivity (Wildman–Crippen MR) is 134 cm³/mol. The monoisotopic (exact) mass is 531 g/mol. The molecule has 0 bridgehead atoms. The summed E-state index contributed by atoms with van der Waals surface area (Å²) >= 11 is 0. The van der Waals surface area contributed by atoms with E-state index >= 15 is 0 Å². The Kier molecular flexibility index (Phi) is 10.8. The highest BCUT2D eigenvalue weighted by Crippen LogP contribution is 2.27. The van der Waals surface area contributed by atoms with Gasteiger partial charge >= 0.3 is 0 Å². The number of nitrogens with one attached hydrogen (secondary N) is 2. The van der Waals surface area contributed by atoms with Crippen molar-refractivity contribution in [3.05, 3.63) is 11.6 Å². The molecule has 2 aliphatic rings. The summed E-state index contributed by atoms with van der Waals surface area (Å²) in [4.78, 5) is 7.56. The molecule has 2 N–H and O–H groups in total. The van der Waals surface area contributed by atoms with Crippen molar-refractivity contribution < 1.29 is 0 Å². The fourth-order valence-corrected chi connectivity index (χ4v) is 4.45. The molecule has 172 valence electrons. The molecule has 0 aromatic carbocycles. The van der Waals surface area contributed by atoms with E-state index in [1.54, 1.807) is 0 Å². The van der Waals surface area contributed by atoms with Crippen molar-refractivity contribution in [2.75, 3.05) is 19.6 Å². The van der Waals surface area contributed by atoms with Gasteiger partial charge in [0.1, 0.15) is 12.4 Å². The number of aliphatic imine (C=N–C) groups is 1. The minimum absolute atomic E-state index is 0. The third-order valence-corrected chi connectivity index (χ3v) is 6.76. The number of aryl methyl sites for hydroxylation is 1. The van der Waals surface area contributed by atoms with Crippen LogP contribution in [0.3, 0.4) is 0 Å². The fraction of sp³-hybridized carbons (Fsp3) is 0.864. The van der Waals surface area contributed by atoms with Gasteiger partial charge in [-0.3, -0.25) is 0 Å². The van der Waals surface area contributed by atoms with E-state index in [0.29, 0.717) is 12.6 Å². The third-order valence-electron chi connectivity index (χ3n) is 6.76. The van der Waals surface area contributed by atoms with Gasteiger partial charge < -0.3 is 20.1 Å². The van der Waals surface area contributed by atoms with Crippen molar-refractivity contribution in [3.8, 4) is 0 Å². The lowest BCUT2D eigenvalue weighted by Gasteiger charge is -2.40. The molecule has 0 radical (unpaired) electrons. The van der Waals surface area contributed by atoms with Crippen LogP contribution >= 0.6 is 24.0 Å². The van der Waals surface area contributed by atoms with Gasteiger partial charge in [-0.25, -0.2) is 4.99 Å². The van der Waals surface area contributed by atoms with Gasteiger partial charge in [0.15, 0.2) is 11.8 Å². The molecule has 2 heterocycles. The van der Waals surface area contributed by atoms with Gasteiger partial charge in [0.2, 0.25) is 0 Å². The maximum absolute atomic E-state index is 4.81. The van der Waals surface area contributed by atoms with Crippen LogP contribution < -0.4 is 10.6 Å². The summed E-state index contributed by atoms with van der Waals surface area (Å²) in [6.07, 6.45) is 10.2. The highest BCUT2D eigenvalue weighted by Gasteiger charge is 2.28. The Bertz CT molecular complexity index is 644. The highest BCUT2D eigenvalue weighted by atomic mass is 127. The predicted octanol–water partition coefficient (Wildman–Crippen LogP) is 3.62. The Hall–Kier alpha value is -0.900. The SMILES string of the molecule is CCCCNC(=NCc1nnc(C)n1C)NC1CCC(N2CCC(C)CC2)CC1.I. The van der Waals surface area contributed by atoms with Crippen LogP contribution in [0.25, 0.3) is 0 Å². The first kappa shape index (κ1) is 25.4. The molecule has 0 spiro atoms. The third kappa shape index (κ3) is 7.35. The van der Waals surface area contributed by atoms with Crippen LogP contribution in [0.5, 0.6) is 0 Å². The summed E-state index contributed by atoms with van der Waals surface area (Å²) in [5.74, 6) is 3.67. The van der Waals surface area contributed by atoms with Gasteiger partial charge in [0, 0.05) is 25.7 Å². The van der Waals surface area contributed by atoms with Gasteiger partial charge in [-0.05, 0) is 70.9 Å². The zero-order chi connectivity index (χ0) is 20.6. The number of hydrogen-bond donors (Lipinski definition) is 2. The zero-order valence-corrected chi connectivity index (χ0v) is 21.7. The first-order valence-electron chi connectivity index (χ1n) is 11.7. The number of guanidine groups is 1. The standard InChI is InChI=1S/C22H41N7.HI/c1-5-6-13-23-22(24-16-21-27-26-18(3)28(21)4)25-19-7-9-20(10-8-19)29-14-11-17(2)12-15-29;/h17,19-20H,5-16H2,1-4H3,(H2,23,24,25);1H. The van der Waals surface area contributed by atoms with E-state index in [0.717, 1.165) is 42.5 Å². The molecule has 0 atom stereocenters. The largest absolute Gasteiger partial charge is 0.356 e. The minimum atomic E-state index is 0. The molecule has 1 aliphatic heterocycles. The molecule has 1 aliphatic carbocycles. The van der Waals surface area contributed by atoms with Gasteiger partial charge in [0.05, 0.1) is 0 Å². The fourth-order valence-electron chi connectivity index (χ4n) is 4.45. The Balaban J connectivity index is 0.00000320. The number of rotatable bonds is 7. The second-order valence-electron chi connectivity index (χ2n) is 9.04. The molecule has 3 rings (SSSR count). The normalized spacial score (nSPS) is 23.8. The highest BCUT2D eigenvalue weighted by molar-refractivity contribution is 14.0. The lowest BCUT2D eigenvalue weighted by Crippen LogP contribution is -2.49. The quantitative estimate of drug-likeness (QED) is 0.244. The maximum Gasteiger partial charge on any atom is 0.191 e. The van der Waals surface area contributed by atoms with Crippen LogP contribution in [0.4, 0.5) is 0 Å². The minimum Gasteiger partial charge on any atom is -0.356 e. The molecule has 0 unspecified atom stereocenters. The summed E-state index contributed by atoms with van der Waals surface area (Å²) in [6, 6.07) is 1.31. The van der Waals surface area contributed by atoms with Gasteiger partial charge in [-0.2, -0.15) is 0 Å². The second-order valence-corrected chi connectivity index (χ2v) is 9.04. The van der Waals surface area contributed by atoms with Crippen LogP contribution in [-0.4, -0.2) is 57.3 Å². The van der Waals surface area contributed by atoms with Crippen LogP contribution in [-0.2, 0) is 13.6 Å². The number of unbranched alkanes of at least 4 members (excludes halogenated alkanes) is 1. The van der Waals surface area contributed by atoms with E-state index in [1.165, 1.54) is 58.0 Å². The Labute approximate surface area is 199 Å². The van der Waals surface area contributed by atoms with Crippen molar-refractivity contribution >= 4 is 29.9 Å². The molecule has 30 heavy (non-hydrogen) atoms. The molecule has 1 aromatic heterocycles. The molecule has 7 nitrogen and oxygen atoms in total. The number of aromatic nitrogens is 3. The Morgan fingerprint density at radius 1 is 1.10 bits per heavy atom. The smallest absolute Gasteiger partial charge is 0.191 e. The van der Waals surface area contributed by atoms with E-state index in [1.807, 2.05) is 18.5 Å². The molecule has 1 saturated carbocycles. The van der Waals surface area contributed by atoms with Crippen molar-refractivity contribution in [1.82, 2.24) is 30.3 Å². The molecule has 2 fully saturated rings. The molecule has 8 heteroatoms. The number of piperidine rings is 1. The summed E-state index contributed by atoms with van der Waals surface area (Å²) in [5, 5.41) is 15.6. The van der Waals surface area contributed by atoms with Gasteiger partial charge in [-0.1, -0.05) is 20.3 Å². The second kappa shape index (κ2) is 12.8. The molecule has 1 saturated heterocycles. The first-order chi connectivity index (χ1) is 14.1. The van der Waals surface area contributed by atoms with Crippen molar-refractivity contribution in [2.24, 2.45) is 18.0 Å². The zero-order valence-electron chi connectivity index (χ0n) is 19.4. The number of halogens is 1. The average Bonchev–Trinajstić information content (AvgIpc) is 3.05. The van der Waals surface area contributed by atoms with E-state index < -0.39 is 0 Å². The van der Waals surface area contributed by atoms with Gasteiger partial charge in [0.25, 0.3) is 0 Å². The van der Waals surface area contributed by atoms with Crippen molar-refractivity contribution in [3.63, 3.8) is 0 Å². The number of likely N-dealkylation sites (tertiary alicyclic amines) is 1. The number of hydrogen-bond acceptors (Lipinski definition) is 4. The molecular weight excluding hydrogens is 489 g/mol. The van der Waals surface area contributed by atoms with Gasteiger partial charge in [-0.15, -0.1) is 34.2 Å².